The number of nitrogens with zero attached hydrogens (tertiary/aromatic N) is 2. The van der Waals surface area contributed by atoms with Crippen molar-refractivity contribution in [3.63, 3.8) is 0 Å². The van der Waals surface area contributed by atoms with Crippen molar-refractivity contribution >= 4 is 40.7 Å². The van der Waals surface area contributed by atoms with Crippen LogP contribution in [0.3, 0.4) is 0 Å². The predicted octanol–water partition coefficient (Wildman–Crippen LogP) is 4.78. The second-order valence-electron chi connectivity index (χ2n) is 8.26. The van der Waals surface area contributed by atoms with E-state index in [1.165, 1.54) is 6.07 Å². The van der Waals surface area contributed by atoms with Crippen molar-refractivity contribution in [2.24, 2.45) is 11.8 Å². The standard InChI is InChI=1S/C24H14Cl2N2O4/c25-16-10-5-11-17(21(16)26)27-22(29)19-18-12-6-1-3-8-14(12)24(28(31)32,20(19)23(27)30)15-9-4-2-7-13(15)18/h1-11,18-20H/t18?,19-,20+,24?/m1/s1. The minimum absolute atomic E-state index is 0.0621. The Bertz CT molecular complexity index is 1320. The Morgan fingerprint density at radius 3 is 2.03 bits per heavy atom. The van der Waals surface area contributed by atoms with Gasteiger partial charge in [0.15, 0.2) is 0 Å². The quantitative estimate of drug-likeness (QED) is 0.310. The van der Waals surface area contributed by atoms with Crippen LogP contribution in [0.25, 0.3) is 0 Å². The first-order chi connectivity index (χ1) is 15.4. The lowest BCUT2D eigenvalue weighted by Crippen LogP contribution is -2.57. The molecule has 0 N–H and O–H groups in total. The van der Waals surface area contributed by atoms with Crippen molar-refractivity contribution in [3.8, 4) is 0 Å². The van der Waals surface area contributed by atoms with E-state index >= 15 is 0 Å². The molecule has 6 nitrogen and oxygen atoms in total. The van der Waals surface area contributed by atoms with Crippen LogP contribution in [0.15, 0.2) is 66.7 Å². The number of hydrogen-bond donors (Lipinski definition) is 0. The average molecular weight is 465 g/mol. The molecule has 0 spiro atoms. The summed E-state index contributed by atoms with van der Waals surface area (Å²) in [5.41, 5.74) is 0.646. The lowest BCUT2D eigenvalue weighted by atomic mass is 9.51. The van der Waals surface area contributed by atoms with Crippen LogP contribution < -0.4 is 4.90 Å². The Labute approximate surface area is 192 Å². The normalized spacial score (nSPS) is 27.2. The molecule has 1 aliphatic heterocycles. The number of carbonyl (C=O) groups is 2. The van der Waals surface area contributed by atoms with Crippen molar-refractivity contribution in [2.75, 3.05) is 4.90 Å². The molecular formula is C24H14Cl2N2O4. The highest BCUT2D eigenvalue weighted by Gasteiger charge is 2.74. The maximum atomic E-state index is 13.8. The summed E-state index contributed by atoms with van der Waals surface area (Å²) in [6.07, 6.45) is 0. The molecule has 158 valence electrons. The Kier molecular flexibility index (Phi) is 3.89. The highest BCUT2D eigenvalue weighted by atomic mass is 35.5. The molecule has 3 aromatic rings. The van der Waals surface area contributed by atoms with Crippen LogP contribution >= 0.6 is 23.2 Å². The Hall–Kier alpha value is -3.22. The third kappa shape index (κ3) is 2.07. The van der Waals surface area contributed by atoms with Gasteiger partial charge < -0.3 is 0 Å². The van der Waals surface area contributed by atoms with Crippen molar-refractivity contribution in [1.29, 1.82) is 0 Å². The molecule has 2 atom stereocenters. The Balaban J connectivity index is 1.68. The minimum Gasteiger partial charge on any atom is -0.274 e. The third-order valence-corrected chi connectivity index (χ3v) is 7.84. The first-order valence-electron chi connectivity index (χ1n) is 10.1. The average Bonchev–Trinajstić information content (AvgIpc) is 3.06. The summed E-state index contributed by atoms with van der Waals surface area (Å²) in [7, 11) is 0. The van der Waals surface area contributed by atoms with E-state index in [1.807, 2.05) is 12.1 Å². The van der Waals surface area contributed by atoms with Crippen LogP contribution in [-0.2, 0) is 15.1 Å². The molecule has 2 bridgehead atoms. The first-order valence-corrected chi connectivity index (χ1v) is 10.8. The summed E-state index contributed by atoms with van der Waals surface area (Å²) in [5.74, 6) is -3.68. The lowest BCUT2D eigenvalue weighted by molar-refractivity contribution is -0.578. The van der Waals surface area contributed by atoms with Crippen molar-refractivity contribution in [3.05, 3.63) is 109 Å². The van der Waals surface area contributed by atoms with Crippen LogP contribution in [0.1, 0.15) is 28.2 Å². The zero-order valence-corrected chi connectivity index (χ0v) is 17.9. The van der Waals surface area contributed by atoms with Crippen LogP contribution in [0.5, 0.6) is 0 Å². The number of benzene rings is 3. The molecule has 0 aromatic heterocycles. The van der Waals surface area contributed by atoms with Crippen LogP contribution in [0.4, 0.5) is 5.69 Å². The van der Waals surface area contributed by atoms with Gasteiger partial charge in [-0.3, -0.25) is 19.7 Å². The topological polar surface area (TPSA) is 80.5 Å². The van der Waals surface area contributed by atoms with E-state index in [2.05, 4.69) is 0 Å². The molecule has 8 heteroatoms. The van der Waals surface area contributed by atoms with Gasteiger partial charge in [0.25, 0.3) is 5.54 Å². The second kappa shape index (κ2) is 6.40. The number of halogens is 2. The Morgan fingerprint density at radius 2 is 1.44 bits per heavy atom. The minimum atomic E-state index is -1.86. The third-order valence-electron chi connectivity index (χ3n) is 7.03. The summed E-state index contributed by atoms with van der Waals surface area (Å²) in [6, 6.07) is 18.8. The summed E-state index contributed by atoms with van der Waals surface area (Å²) in [4.78, 5) is 41.1. The van der Waals surface area contributed by atoms with E-state index in [9.17, 15) is 19.7 Å². The second-order valence-corrected chi connectivity index (χ2v) is 9.05. The molecule has 0 saturated carbocycles. The molecule has 0 unspecified atom stereocenters. The number of carbonyl (C=O) groups excluding carboxylic acids is 2. The number of anilines is 1. The van der Waals surface area contributed by atoms with Crippen molar-refractivity contribution in [2.45, 2.75) is 11.5 Å². The van der Waals surface area contributed by atoms with Crippen LogP contribution in [0.2, 0.25) is 10.0 Å². The Morgan fingerprint density at radius 1 is 0.844 bits per heavy atom. The SMILES string of the molecule is O=C1[C@@H]2C3c4ccccc4C([N+](=O)[O-])(c4ccccc43)[C@@H]2C(=O)N1c1cccc(Cl)c1Cl. The fraction of sp³-hybridized carbons (Fsp3) is 0.167. The van der Waals surface area contributed by atoms with E-state index in [0.29, 0.717) is 22.3 Å². The number of nitro groups is 1. The molecule has 7 rings (SSSR count). The molecule has 1 heterocycles. The van der Waals surface area contributed by atoms with E-state index < -0.39 is 40.0 Å². The largest absolute Gasteiger partial charge is 0.285 e. The van der Waals surface area contributed by atoms with Gasteiger partial charge in [-0.25, -0.2) is 4.90 Å². The van der Waals surface area contributed by atoms with Gasteiger partial charge in [-0.15, -0.1) is 0 Å². The number of hydrogen-bond acceptors (Lipinski definition) is 4. The van der Waals surface area contributed by atoms with Gasteiger partial charge in [-0.2, -0.15) is 0 Å². The van der Waals surface area contributed by atoms with Gasteiger partial charge in [-0.1, -0.05) is 77.8 Å². The summed E-state index contributed by atoms with van der Waals surface area (Å²) in [5, 5.41) is 13.1. The molecule has 32 heavy (non-hydrogen) atoms. The summed E-state index contributed by atoms with van der Waals surface area (Å²) >= 11 is 12.5. The smallest absolute Gasteiger partial charge is 0.274 e. The zero-order chi connectivity index (χ0) is 22.4. The van der Waals surface area contributed by atoms with Gasteiger partial charge in [0.05, 0.1) is 21.7 Å². The van der Waals surface area contributed by atoms with Gasteiger partial charge in [0.1, 0.15) is 5.92 Å². The molecule has 0 radical (unpaired) electrons. The molecule has 4 aliphatic rings. The maximum Gasteiger partial charge on any atom is 0.285 e. The van der Waals surface area contributed by atoms with Gasteiger partial charge in [0, 0.05) is 22.0 Å². The van der Waals surface area contributed by atoms with Gasteiger partial charge in [-0.05, 0) is 23.3 Å². The molecular weight excluding hydrogens is 451 g/mol. The van der Waals surface area contributed by atoms with Crippen LogP contribution in [0, 0.1) is 22.0 Å². The molecule has 1 fully saturated rings. The maximum absolute atomic E-state index is 13.8. The van der Waals surface area contributed by atoms with Crippen LogP contribution in [-0.4, -0.2) is 16.7 Å². The summed E-state index contributed by atoms with van der Waals surface area (Å²) in [6.45, 7) is 0. The number of rotatable bonds is 2. The highest BCUT2D eigenvalue weighted by Crippen LogP contribution is 2.64. The highest BCUT2D eigenvalue weighted by molar-refractivity contribution is 6.45. The van der Waals surface area contributed by atoms with E-state index in [1.54, 1.807) is 48.5 Å². The van der Waals surface area contributed by atoms with E-state index in [-0.39, 0.29) is 15.7 Å². The molecule has 1 saturated heterocycles. The molecule has 3 aromatic carbocycles. The van der Waals surface area contributed by atoms with Crippen molar-refractivity contribution in [1.82, 2.24) is 0 Å². The zero-order valence-electron chi connectivity index (χ0n) is 16.4. The molecule has 2 amide bonds. The number of imide groups is 1. The fourth-order valence-electron chi connectivity index (χ4n) is 5.94. The first kappa shape index (κ1) is 19.5. The fourth-order valence-corrected chi connectivity index (χ4v) is 6.32. The summed E-state index contributed by atoms with van der Waals surface area (Å²) < 4.78 is 0. The monoisotopic (exact) mass is 464 g/mol. The van der Waals surface area contributed by atoms with Gasteiger partial charge in [0.2, 0.25) is 11.8 Å². The van der Waals surface area contributed by atoms with E-state index in [4.69, 9.17) is 23.2 Å². The van der Waals surface area contributed by atoms with Crippen molar-refractivity contribution < 1.29 is 14.5 Å². The van der Waals surface area contributed by atoms with E-state index in [0.717, 1.165) is 4.90 Å². The predicted molar refractivity (Wildman–Crippen MR) is 118 cm³/mol. The lowest BCUT2D eigenvalue weighted by Gasteiger charge is -2.48. The van der Waals surface area contributed by atoms with Gasteiger partial charge >= 0.3 is 0 Å². The molecule has 3 aliphatic carbocycles. The number of amides is 2.